The molecule has 1 aliphatic heterocycles. The van der Waals surface area contributed by atoms with Crippen LogP contribution in [0.4, 0.5) is 9.18 Å². The first-order valence-corrected chi connectivity index (χ1v) is 11.2. The van der Waals surface area contributed by atoms with Crippen molar-refractivity contribution in [1.82, 2.24) is 9.88 Å². The van der Waals surface area contributed by atoms with Gasteiger partial charge in [0.25, 0.3) is 5.91 Å². The van der Waals surface area contributed by atoms with E-state index in [2.05, 4.69) is 4.98 Å². The van der Waals surface area contributed by atoms with Crippen molar-refractivity contribution >= 4 is 22.9 Å². The average Bonchev–Trinajstić information content (AvgIpc) is 3.15. The maximum atomic E-state index is 13.6. The number of halogens is 1. The number of primary amides is 1. The van der Waals surface area contributed by atoms with Gasteiger partial charge in [-0.1, -0.05) is 6.07 Å². The van der Waals surface area contributed by atoms with Crippen molar-refractivity contribution in [2.75, 3.05) is 13.1 Å². The highest BCUT2D eigenvalue weighted by Gasteiger charge is 2.29. The Morgan fingerprint density at radius 2 is 1.85 bits per heavy atom. The van der Waals surface area contributed by atoms with Crippen LogP contribution in [0.15, 0.2) is 36.5 Å². The standard InChI is InChI=1S/C26H30FN3O3/c1-15-11-18(27)5-6-19(15)17-12-20-22(14-29-23(20)21(13-17)24(28)31)16-7-9-30(10-8-16)25(32)33-26(2,3)4/h5-6,11-14,16,29H,7-10H2,1-4H3,(H2,28,31). The molecule has 33 heavy (non-hydrogen) atoms. The van der Waals surface area contributed by atoms with Crippen LogP contribution in [-0.2, 0) is 4.74 Å². The second-order valence-electron chi connectivity index (χ2n) is 9.76. The Morgan fingerprint density at radius 3 is 2.45 bits per heavy atom. The highest BCUT2D eigenvalue weighted by molar-refractivity contribution is 6.07. The lowest BCUT2D eigenvalue weighted by Crippen LogP contribution is -2.41. The Bertz CT molecular complexity index is 1220. The van der Waals surface area contributed by atoms with Gasteiger partial charge < -0.3 is 20.4 Å². The Morgan fingerprint density at radius 1 is 1.15 bits per heavy atom. The number of nitrogens with two attached hydrogens (primary N) is 1. The summed E-state index contributed by atoms with van der Waals surface area (Å²) in [6.45, 7) is 8.63. The molecule has 0 saturated carbocycles. The van der Waals surface area contributed by atoms with E-state index in [0.717, 1.165) is 40.5 Å². The van der Waals surface area contributed by atoms with Crippen molar-refractivity contribution in [2.45, 2.75) is 52.1 Å². The van der Waals surface area contributed by atoms with Gasteiger partial charge in [-0.05, 0) is 93.0 Å². The zero-order valence-electron chi connectivity index (χ0n) is 19.5. The van der Waals surface area contributed by atoms with Crippen LogP contribution in [0, 0.1) is 12.7 Å². The summed E-state index contributed by atoms with van der Waals surface area (Å²) in [5.41, 5.74) is 9.84. The summed E-state index contributed by atoms with van der Waals surface area (Å²) in [6.07, 6.45) is 3.23. The lowest BCUT2D eigenvalue weighted by molar-refractivity contribution is 0.0205. The summed E-state index contributed by atoms with van der Waals surface area (Å²) in [5.74, 6) is -0.593. The van der Waals surface area contributed by atoms with Crippen LogP contribution in [0.25, 0.3) is 22.0 Å². The molecule has 2 aromatic carbocycles. The van der Waals surface area contributed by atoms with Crippen molar-refractivity contribution in [2.24, 2.45) is 5.73 Å². The fraction of sp³-hybridized carbons (Fsp3) is 0.385. The molecule has 0 spiro atoms. The number of carbonyl (C=O) groups is 2. The fourth-order valence-corrected chi connectivity index (χ4v) is 4.59. The third-order valence-electron chi connectivity index (χ3n) is 6.17. The van der Waals surface area contributed by atoms with E-state index in [4.69, 9.17) is 10.5 Å². The van der Waals surface area contributed by atoms with Crippen LogP contribution < -0.4 is 5.73 Å². The first-order chi connectivity index (χ1) is 15.5. The molecule has 7 heteroatoms. The SMILES string of the molecule is Cc1cc(F)ccc1-c1cc(C(N)=O)c2[nH]cc(C3CCN(C(=O)OC(C)(C)C)CC3)c2c1. The minimum absolute atomic E-state index is 0.225. The number of hydrogen-bond donors (Lipinski definition) is 2. The van der Waals surface area contributed by atoms with Crippen LogP contribution in [-0.4, -0.2) is 40.6 Å². The Balaban J connectivity index is 1.66. The maximum Gasteiger partial charge on any atom is 0.410 e. The molecule has 3 aromatic rings. The van der Waals surface area contributed by atoms with Gasteiger partial charge >= 0.3 is 6.09 Å². The Kier molecular flexibility index (Phi) is 5.91. The molecule has 0 bridgehead atoms. The maximum absolute atomic E-state index is 13.6. The van der Waals surface area contributed by atoms with E-state index in [-0.39, 0.29) is 17.8 Å². The molecular formula is C26H30FN3O3. The minimum Gasteiger partial charge on any atom is -0.444 e. The van der Waals surface area contributed by atoms with Crippen molar-refractivity contribution < 1.29 is 18.7 Å². The molecule has 0 unspecified atom stereocenters. The number of likely N-dealkylation sites (tertiary alicyclic amines) is 1. The zero-order valence-corrected chi connectivity index (χ0v) is 19.5. The Labute approximate surface area is 192 Å². The number of nitrogens with zero attached hydrogens (tertiary/aromatic N) is 1. The lowest BCUT2D eigenvalue weighted by Gasteiger charge is -2.33. The number of benzene rings is 2. The third kappa shape index (κ3) is 4.72. The smallest absolute Gasteiger partial charge is 0.410 e. The number of carbonyl (C=O) groups excluding carboxylic acids is 2. The quantitative estimate of drug-likeness (QED) is 0.551. The number of aromatic amines is 1. The number of amides is 2. The molecule has 2 heterocycles. The van der Waals surface area contributed by atoms with Gasteiger partial charge in [-0.15, -0.1) is 0 Å². The number of piperidine rings is 1. The molecule has 1 saturated heterocycles. The number of rotatable bonds is 3. The molecule has 2 amide bonds. The molecule has 3 N–H and O–H groups in total. The van der Waals surface area contributed by atoms with E-state index < -0.39 is 11.5 Å². The zero-order chi connectivity index (χ0) is 23.9. The molecule has 174 valence electrons. The molecule has 1 aliphatic rings. The number of aromatic nitrogens is 1. The van der Waals surface area contributed by atoms with Gasteiger partial charge in [-0.3, -0.25) is 4.79 Å². The van der Waals surface area contributed by atoms with Gasteiger partial charge in [0.1, 0.15) is 11.4 Å². The number of H-pyrrole nitrogens is 1. The summed E-state index contributed by atoms with van der Waals surface area (Å²) in [4.78, 5) is 29.6. The predicted molar refractivity (Wildman–Crippen MR) is 127 cm³/mol. The van der Waals surface area contributed by atoms with Gasteiger partial charge in [0, 0.05) is 24.7 Å². The summed E-state index contributed by atoms with van der Waals surface area (Å²) < 4.78 is 19.1. The first-order valence-electron chi connectivity index (χ1n) is 11.2. The number of nitrogens with one attached hydrogen (secondary N) is 1. The Hall–Kier alpha value is -3.35. The van der Waals surface area contributed by atoms with Crippen molar-refractivity contribution in [3.63, 3.8) is 0 Å². The summed E-state index contributed by atoms with van der Waals surface area (Å²) in [6, 6.07) is 8.42. The van der Waals surface area contributed by atoms with Crippen LogP contribution in [0.2, 0.25) is 0 Å². The largest absolute Gasteiger partial charge is 0.444 e. The molecule has 0 aliphatic carbocycles. The summed E-state index contributed by atoms with van der Waals surface area (Å²) in [5, 5.41) is 0.931. The number of ether oxygens (including phenoxy) is 1. The highest BCUT2D eigenvalue weighted by atomic mass is 19.1. The molecular weight excluding hydrogens is 421 g/mol. The van der Waals surface area contributed by atoms with Gasteiger partial charge in [0.2, 0.25) is 0 Å². The van der Waals surface area contributed by atoms with Crippen molar-refractivity contribution in [3.8, 4) is 11.1 Å². The average molecular weight is 452 g/mol. The van der Waals surface area contributed by atoms with Gasteiger partial charge in [0.15, 0.2) is 0 Å². The molecule has 1 aromatic heterocycles. The molecule has 0 atom stereocenters. The van der Waals surface area contributed by atoms with Crippen LogP contribution >= 0.6 is 0 Å². The lowest BCUT2D eigenvalue weighted by atomic mass is 9.87. The highest BCUT2D eigenvalue weighted by Crippen LogP contribution is 2.37. The number of fused-ring (bicyclic) bond motifs is 1. The van der Waals surface area contributed by atoms with E-state index in [1.807, 2.05) is 40.0 Å². The van der Waals surface area contributed by atoms with Gasteiger partial charge in [-0.25, -0.2) is 9.18 Å². The normalized spacial score (nSPS) is 15.1. The topological polar surface area (TPSA) is 88.4 Å². The van der Waals surface area contributed by atoms with E-state index in [1.165, 1.54) is 12.1 Å². The van der Waals surface area contributed by atoms with Crippen LogP contribution in [0.5, 0.6) is 0 Å². The van der Waals surface area contributed by atoms with E-state index >= 15 is 0 Å². The monoisotopic (exact) mass is 451 g/mol. The number of hydrogen-bond acceptors (Lipinski definition) is 3. The second-order valence-corrected chi connectivity index (χ2v) is 9.76. The third-order valence-corrected chi connectivity index (χ3v) is 6.17. The first kappa shape index (κ1) is 22.8. The van der Waals surface area contributed by atoms with Crippen LogP contribution in [0.1, 0.15) is 61.0 Å². The van der Waals surface area contributed by atoms with E-state index in [1.54, 1.807) is 17.0 Å². The summed E-state index contributed by atoms with van der Waals surface area (Å²) >= 11 is 0. The van der Waals surface area contributed by atoms with Crippen LogP contribution in [0.3, 0.4) is 0 Å². The van der Waals surface area contributed by atoms with E-state index in [0.29, 0.717) is 24.2 Å². The molecule has 0 radical (unpaired) electrons. The van der Waals surface area contributed by atoms with Gasteiger partial charge in [-0.2, -0.15) is 0 Å². The van der Waals surface area contributed by atoms with E-state index in [9.17, 15) is 14.0 Å². The van der Waals surface area contributed by atoms with Crippen molar-refractivity contribution in [1.29, 1.82) is 0 Å². The number of aryl methyl sites for hydroxylation is 1. The van der Waals surface area contributed by atoms with Crippen molar-refractivity contribution in [3.05, 3.63) is 59.0 Å². The summed E-state index contributed by atoms with van der Waals surface area (Å²) in [7, 11) is 0. The predicted octanol–water partition coefficient (Wildman–Crippen LogP) is 5.50. The van der Waals surface area contributed by atoms with Gasteiger partial charge in [0.05, 0.1) is 11.1 Å². The molecule has 1 fully saturated rings. The fourth-order valence-electron chi connectivity index (χ4n) is 4.59. The second kappa shape index (κ2) is 8.54. The molecule has 6 nitrogen and oxygen atoms in total. The minimum atomic E-state index is -0.523. The molecule has 4 rings (SSSR count).